The van der Waals surface area contributed by atoms with E-state index in [1.165, 1.54) is 14.2 Å². The van der Waals surface area contributed by atoms with E-state index in [1.54, 1.807) is 31.5 Å². The maximum atomic E-state index is 11.7. The first kappa shape index (κ1) is 22.4. The Bertz CT molecular complexity index is 1040. The smallest absolute Gasteiger partial charge is 0.199 e. The Morgan fingerprint density at radius 1 is 1.25 bits per heavy atom. The van der Waals surface area contributed by atoms with Gasteiger partial charge in [-0.25, -0.2) is 4.98 Å². The standard InChI is InChI=1S/C23H27ClN4O4/c1-23(22(30-2)31-3)21(29)20(17-12-15(25)6-9-18(17)32-23)28(13-19-26-10-11-27-19)16-7-4-14(24)5-8-16/h4-12,20-22,29H,13,25H2,1-3H3,(H,26,27)/t20-,21-,23-/m1/s1. The predicted molar refractivity (Wildman–Crippen MR) is 123 cm³/mol. The molecule has 0 radical (unpaired) electrons. The summed E-state index contributed by atoms with van der Waals surface area (Å²) in [5.74, 6) is 1.33. The number of nitrogens with one attached hydrogen (secondary N) is 1. The lowest BCUT2D eigenvalue weighted by molar-refractivity contribution is -0.237. The third kappa shape index (κ3) is 4.02. The first-order chi connectivity index (χ1) is 15.4. The van der Waals surface area contributed by atoms with Crippen molar-refractivity contribution in [3.63, 3.8) is 0 Å². The van der Waals surface area contributed by atoms with Gasteiger partial charge in [0.05, 0.1) is 12.6 Å². The number of methoxy groups -OCH3 is 2. The second-order valence-corrected chi connectivity index (χ2v) is 8.35. The summed E-state index contributed by atoms with van der Waals surface area (Å²) >= 11 is 6.14. The number of imidazole rings is 1. The minimum atomic E-state index is -1.20. The first-order valence-corrected chi connectivity index (χ1v) is 10.6. The molecule has 0 unspecified atom stereocenters. The molecular formula is C23H27ClN4O4. The van der Waals surface area contributed by atoms with Crippen LogP contribution in [0.4, 0.5) is 11.4 Å². The molecule has 0 amide bonds. The lowest BCUT2D eigenvalue weighted by Crippen LogP contribution is -2.62. The Morgan fingerprint density at radius 3 is 2.59 bits per heavy atom. The lowest BCUT2D eigenvalue weighted by Gasteiger charge is -2.50. The van der Waals surface area contributed by atoms with Gasteiger partial charge < -0.3 is 34.9 Å². The van der Waals surface area contributed by atoms with Gasteiger partial charge in [0.1, 0.15) is 17.7 Å². The van der Waals surface area contributed by atoms with Gasteiger partial charge >= 0.3 is 0 Å². The third-order valence-corrected chi connectivity index (χ3v) is 6.09. The quantitative estimate of drug-likeness (QED) is 0.367. The van der Waals surface area contributed by atoms with Gasteiger partial charge in [-0.3, -0.25) is 0 Å². The number of nitrogen functional groups attached to an aromatic ring is 1. The summed E-state index contributed by atoms with van der Waals surface area (Å²) in [5, 5.41) is 12.4. The third-order valence-electron chi connectivity index (χ3n) is 5.83. The van der Waals surface area contributed by atoms with Crippen molar-refractivity contribution < 1.29 is 19.3 Å². The van der Waals surface area contributed by atoms with Gasteiger partial charge in [0.2, 0.25) is 0 Å². The summed E-state index contributed by atoms with van der Waals surface area (Å²) in [6.45, 7) is 2.17. The van der Waals surface area contributed by atoms with Crippen LogP contribution in [-0.2, 0) is 16.0 Å². The number of anilines is 2. The van der Waals surface area contributed by atoms with Crippen LogP contribution in [0.1, 0.15) is 24.4 Å². The Kier molecular flexibility index (Phi) is 6.30. The average Bonchev–Trinajstić information content (AvgIpc) is 3.29. The number of rotatable bonds is 7. The van der Waals surface area contributed by atoms with Crippen LogP contribution in [0.3, 0.4) is 0 Å². The fraction of sp³-hybridized carbons (Fsp3) is 0.348. The summed E-state index contributed by atoms with van der Waals surface area (Å²) < 4.78 is 17.3. The number of fused-ring (bicyclic) bond motifs is 1. The van der Waals surface area contributed by atoms with E-state index in [0.717, 1.165) is 17.1 Å². The van der Waals surface area contributed by atoms with E-state index < -0.39 is 24.0 Å². The van der Waals surface area contributed by atoms with Crippen LogP contribution in [0.15, 0.2) is 54.9 Å². The molecule has 2 heterocycles. The monoisotopic (exact) mass is 458 g/mol. The number of benzene rings is 2. The molecule has 4 rings (SSSR count). The average molecular weight is 459 g/mol. The molecule has 2 aromatic carbocycles. The summed E-state index contributed by atoms with van der Waals surface area (Å²) in [7, 11) is 3.03. The van der Waals surface area contributed by atoms with Gasteiger partial charge in [0.25, 0.3) is 0 Å². The molecular weight excluding hydrogens is 432 g/mol. The molecule has 0 fully saturated rings. The number of aliphatic hydroxyl groups excluding tert-OH is 1. The molecule has 1 aliphatic heterocycles. The second kappa shape index (κ2) is 8.99. The van der Waals surface area contributed by atoms with E-state index >= 15 is 0 Å². The molecule has 0 saturated heterocycles. The maximum Gasteiger partial charge on any atom is 0.199 e. The van der Waals surface area contributed by atoms with Crippen molar-refractivity contribution in [3.05, 3.63) is 71.3 Å². The van der Waals surface area contributed by atoms with Crippen molar-refractivity contribution in [2.75, 3.05) is 24.9 Å². The summed E-state index contributed by atoms with van der Waals surface area (Å²) in [4.78, 5) is 9.57. The van der Waals surface area contributed by atoms with Crippen LogP contribution in [0.25, 0.3) is 0 Å². The molecule has 1 aliphatic rings. The van der Waals surface area contributed by atoms with Crippen molar-refractivity contribution >= 4 is 23.0 Å². The van der Waals surface area contributed by atoms with Gasteiger partial charge in [-0.05, 0) is 49.4 Å². The van der Waals surface area contributed by atoms with Crippen LogP contribution < -0.4 is 15.4 Å². The van der Waals surface area contributed by atoms with Crippen molar-refractivity contribution in [2.24, 2.45) is 0 Å². The molecule has 32 heavy (non-hydrogen) atoms. The van der Waals surface area contributed by atoms with E-state index in [-0.39, 0.29) is 0 Å². The molecule has 0 saturated carbocycles. The van der Waals surface area contributed by atoms with E-state index in [0.29, 0.717) is 23.0 Å². The highest BCUT2D eigenvalue weighted by Gasteiger charge is 2.53. The van der Waals surface area contributed by atoms with E-state index in [2.05, 4.69) is 9.97 Å². The topological polar surface area (TPSA) is 106 Å². The number of H-pyrrole nitrogens is 1. The minimum Gasteiger partial charge on any atom is -0.479 e. The number of hydrogen-bond donors (Lipinski definition) is 3. The number of aliphatic hydroxyl groups is 1. The van der Waals surface area contributed by atoms with Crippen LogP contribution in [0.5, 0.6) is 5.75 Å². The first-order valence-electron chi connectivity index (χ1n) is 10.2. The normalized spacial score (nSPS) is 22.4. The zero-order valence-electron chi connectivity index (χ0n) is 18.2. The largest absolute Gasteiger partial charge is 0.479 e. The Morgan fingerprint density at radius 2 is 1.97 bits per heavy atom. The molecule has 8 nitrogen and oxygen atoms in total. The molecule has 170 valence electrons. The summed E-state index contributed by atoms with van der Waals surface area (Å²) in [6, 6.07) is 12.3. The molecule has 4 N–H and O–H groups in total. The highest BCUT2D eigenvalue weighted by atomic mass is 35.5. The predicted octanol–water partition coefficient (Wildman–Crippen LogP) is 3.52. The van der Waals surface area contributed by atoms with Gasteiger partial charge in [-0.2, -0.15) is 0 Å². The van der Waals surface area contributed by atoms with Gasteiger partial charge in [0, 0.05) is 48.6 Å². The number of ether oxygens (including phenoxy) is 3. The summed E-state index contributed by atoms with van der Waals surface area (Å²) in [6.07, 6.45) is 1.59. The van der Waals surface area contributed by atoms with Crippen molar-refractivity contribution in [2.45, 2.75) is 37.5 Å². The van der Waals surface area contributed by atoms with Crippen molar-refractivity contribution in [1.82, 2.24) is 9.97 Å². The van der Waals surface area contributed by atoms with Crippen LogP contribution in [-0.4, -0.2) is 47.3 Å². The highest BCUT2D eigenvalue weighted by molar-refractivity contribution is 6.30. The summed E-state index contributed by atoms with van der Waals surface area (Å²) in [5.41, 5.74) is 7.09. The molecule has 9 heteroatoms. The second-order valence-electron chi connectivity index (χ2n) is 7.92. The molecule has 0 spiro atoms. The molecule has 1 aromatic heterocycles. The molecule has 3 aromatic rings. The van der Waals surface area contributed by atoms with Crippen LogP contribution in [0, 0.1) is 0 Å². The Labute approximate surface area is 191 Å². The van der Waals surface area contributed by atoms with Gasteiger partial charge in [0.15, 0.2) is 11.9 Å². The minimum absolute atomic E-state index is 0.394. The molecule has 3 atom stereocenters. The lowest BCUT2D eigenvalue weighted by atomic mass is 9.83. The zero-order valence-corrected chi connectivity index (χ0v) is 18.9. The number of nitrogens with two attached hydrogens (primary N) is 1. The van der Waals surface area contributed by atoms with Gasteiger partial charge in [-0.1, -0.05) is 11.6 Å². The number of aromatic amines is 1. The fourth-order valence-corrected chi connectivity index (χ4v) is 4.42. The van der Waals surface area contributed by atoms with E-state index in [9.17, 15) is 5.11 Å². The number of aromatic nitrogens is 2. The van der Waals surface area contributed by atoms with Crippen LogP contribution >= 0.6 is 11.6 Å². The number of hydrogen-bond acceptors (Lipinski definition) is 7. The van der Waals surface area contributed by atoms with Crippen molar-refractivity contribution in [3.8, 4) is 5.75 Å². The van der Waals surface area contributed by atoms with Crippen LogP contribution in [0.2, 0.25) is 5.02 Å². The Hall–Kier alpha value is -2.78. The molecule has 0 aliphatic carbocycles. The zero-order chi connectivity index (χ0) is 22.9. The number of nitrogens with zero attached hydrogens (tertiary/aromatic N) is 2. The fourth-order valence-electron chi connectivity index (χ4n) is 4.29. The van der Waals surface area contributed by atoms with E-state index in [1.807, 2.05) is 35.2 Å². The SMILES string of the molecule is COC(OC)[C@]1(C)Oc2ccc(N)cc2[C@@H](N(Cc2ncc[nH]2)c2ccc(Cl)cc2)[C@H]1O. The number of halogens is 1. The van der Waals surface area contributed by atoms with Gasteiger partial charge in [-0.15, -0.1) is 0 Å². The van der Waals surface area contributed by atoms with Crippen molar-refractivity contribution in [1.29, 1.82) is 0 Å². The van der Waals surface area contributed by atoms with E-state index in [4.69, 9.17) is 31.5 Å². The highest BCUT2D eigenvalue weighted by Crippen LogP contribution is 2.47. The maximum absolute atomic E-state index is 11.7. The Balaban J connectivity index is 1.88. The molecule has 0 bridgehead atoms.